The van der Waals surface area contributed by atoms with Crippen LogP contribution in [0.25, 0.3) is 11.3 Å². The fourth-order valence-corrected chi connectivity index (χ4v) is 2.08. The van der Waals surface area contributed by atoms with Crippen molar-refractivity contribution in [2.75, 3.05) is 0 Å². The van der Waals surface area contributed by atoms with Crippen LogP contribution < -0.4 is 0 Å². The summed E-state index contributed by atoms with van der Waals surface area (Å²) in [5, 5.41) is 14.5. The summed E-state index contributed by atoms with van der Waals surface area (Å²) < 4.78 is 1.80. The van der Waals surface area contributed by atoms with Gasteiger partial charge in [-0.1, -0.05) is 32.4 Å². The third kappa shape index (κ3) is 2.26. The number of benzene rings is 1. The van der Waals surface area contributed by atoms with E-state index in [1.807, 2.05) is 32.3 Å². The van der Waals surface area contributed by atoms with Gasteiger partial charge < -0.3 is 5.11 Å². The van der Waals surface area contributed by atoms with Gasteiger partial charge in [-0.25, -0.2) is 0 Å². The molecular weight excluding hydrogens is 224 g/mol. The molecule has 2 rings (SSSR count). The summed E-state index contributed by atoms with van der Waals surface area (Å²) >= 11 is 0. The van der Waals surface area contributed by atoms with E-state index in [1.54, 1.807) is 10.7 Å². The van der Waals surface area contributed by atoms with Crippen molar-refractivity contribution in [1.29, 1.82) is 0 Å². The standard InChI is InChI=1S/C15H20N2O/c1-10-6-7-13(18)11(8-10)14-12(15(2,3)4)9-17(5)16-14/h6-9,18H,1-5H3. The molecule has 0 fully saturated rings. The highest BCUT2D eigenvalue weighted by molar-refractivity contribution is 5.71. The number of rotatable bonds is 1. The third-order valence-corrected chi connectivity index (χ3v) is 3.04. The Morgan fingerprint density at radius 1 is 1.22 bits per heavy atom. The molecule has 0 aliphatic heterocycles. The Morgan fingerprint density at radius 3 is 2.50 bits per heavy atom. The van der Waals surface area contributed by atoms with Crippen molar-refractivity contribution >= 4 is 0 Å². The molecule has 18 heavy (non-hydrogen) atoms. The molecule has 0 atom stereocenters. The second kappa shape index (κ2) is 4.16. The third-order valence-electron chi connectivity index (χ3n) is 3.04. The zero-order valence-corrected chi connectivity index (χ0v) is 11.7. The number of phenolic OH excluding ortho intramolecular Hbond substituents is 1. The number of nitrogens with zero attached hydrogens (tertiary/aromatic N) is 2. The topological polar surface area (TPSA) is 38.1 Å². The Balaban J connectivity index is 2.67. The van der Waals surface area contributed by atoms with Gasteiger partial charge in [0, 0.05) is 24.4 Å². The van der Waals surface area contributed by atoms with Gasteiger partial charge in [0.2, 0.25) is 0 Å². The highest BCUT2D eigenvalue weighted by Gasteiger charge is 2.23. The molecule has 96 valence electrons. The minimum Gasteiger partial charge on any atom is -0.507 e. The minimum atomic E-state index is -0.000219. The molecule has 0 saturated heterocycles. The normalized spacial score (nSPS) is 11.8. The molecule has 1 aromatic carbocycles. The number of aromatic hydroxyl groups is 1. The number of aromatic nitrogens is 2. The van der Waals surface area contributed by atoms with Crippen LogP contribution in [0, 0.1) is 6.92 Å². The summed E-state index contributed by atoms with van der Waals surface area (Å²) in [6.07, 6.45) is 2.02. The molecule has 1 N–H and O–H groups in total. The smallest absolute Gasteiger partial charge is 0.125 e. The van der Waals surface area contributed by atoms with Crippen molar-refractivity contribution in [3.8, 4) is 17.0 Å². The zero-order chi connectivity index (χ0) is 13.5. The lowest BCUT2D eigenvalue weighted by Gasteiger charge is -2.18. The first-order valence-electron chi connectivity index (χ1n) is 6.13. The Kier molecular flexibility index (Phi) is 2.93. The van der Waals surface area contributed by atoms with E-state index in [2.05, 4.69) is 25.9 Å². The van der Waals surface area contributed by atoms with Gasteiger partial charge in [-0.2, -0.15) is 5.10 Å². The van der Waals surface area contributed by atoms with Crippen LogP contribution in [0.5, 0.6) is 5.75 Å². The lowest BCUT2D eigenvalue weighted by molar-refractivity contribution is 0.476. The summed E-state index contributed by atoms with van der Waals surface area (Å²) in [4.78, 5) is 0. The van der Waals surface area contributed by atoms with Crippen molar-refractivity contribution in [1.82, 2.24) is 9.78 Å². The van der Waals surface area contributed by atoms with E-state index in [4.69, 9.17) is 0 Å². The lowest BCUT2D eigenvalue weighted by Crippen LogP contribution is -2.11. The van der Waals surface area contributed by atoms with Crippen LogP contribution >= 0.6 is 0 Å². The molecular formula is C15H20N2O. The molecule has 2 aromatic rings. The average molecular weight is 244 g/mol. The first kappa shape index (κ1) is 12.7. The maximum Gasteiger partial charge on any atom is 0.125 e. The van der Waals surface area contributed by atoms with E-state index in [0.717, 1.165) is 22.4 Å². The van der Waals surface area contributed by atoms with Crippen molar-refractivity contribution in [2.45, 2.75) is 33.1 Å². The van der Waals surface area contributed by atoms with Gasteiger partial charge in [-0.15, -0.1) is 0 Å². The highest BCUT2D eigenvalue weighted by Crippen LogP contribution is 2.36. The Morgan fingerprint density at radius 2 is 1.89 bits per heavy atom. The fourth-order valence-electron chi connectivity index (χ4n) is 2.08. The van der Waals surface area contributed by atoms with E-state index in [1.165, 1.54) is 0 Å². The van der Waals surface area contributed by atoms with Gasteiger partial charge in [0.1, 0.15) is 5.75 Å². The van der Waals surface area contributed by atoms with E-state index in [9.17, 15) is 5.11 Å². The molecule has 0 radical (unpaired) electrons. The summed E-state index contributed by atoms with van der Waals surface area (Å²) in [6, 6.07) is 5.61. The molecule has 0 aliphatic rings. The average Bonchev–Trinajstić information content (AvgIpc) is 2.63. The van der Waals surface area contributed by atoms with E-state index < -0.39 is 0 Å². The van der Waals surface area contributed by atoms with Crippen LogP contribution in [0.1, 0.15) is 31.9 Å². The fraction of sp³-hybridized carbons (Fsp3) is 0.400. The molecule has 0 saturated carbocycles. The molecule has 3 nitrogen and oxygen atoms in total. The predicted octanol–water partition coefficient (Wildman–Crippen LogP) is 3.40. The van der Waals surface area contributed by atoms with Gasteiger partial charge in [0.25, 0.3) is 0 Å². The maximum atomic E-state index is 10.0. The monoisotopic (exact) mass is 244 g/mol. The second-order valence-corrected chi connectivity index (χ2v) is 5.84. The first-order valence-corrected chi connectivity index (χ1v) is 6.13. The van der Waals surface area contributed by atoms with Gasteiger partial charge >= 0.3 is 0 Å². The number of aryl methyl sites for hydroxylation is 2. The van der Waals surface area contributed by atoms with Crippen LogP contribution in [0.4, 0.5) is 0 Å². The van der Waals surface area contributed by atoms with Crippen molar-refractivity contribution in [3.63, 3.8) is 0 Å². The van der Waals surface area contributed by atoms with Gasteiger partial charge in [-0.3, -0.25) is 4.68 Å². The molecule has 1 heterocycles. The Hall–Kier alpha value is -1.77. The van der Waals surface area contributed by atoms with Crippen LogP contribution in [0.3, 0.4) is 0 Å². The van der Waals surface area contributed by atoms with Gasteiger partial charge in [0.05, 0.1) is 5.69 Å². The molecule has 0 amide bonds. The summed E-state index contributed by atoms with van der Waals surface area (Å²) in [5.74, 6) is 0.282. The summed E-state index contributed by atoms with van der Waals surface area (Å²) in [6.45, 7) is 8.48. The largest absolute Gasteiger partial charge is 0.507 e. The Labute approximate surface area is 108 Å². The van der Waals surface area contributed by atoms with Crippen LogP contribution in [0.2, 0.25) is 0 Å². The minimum absolute atomic E-state index is 0.000219. The van der Waals surface area contributed by atoms with Crippen molar-refractivity contribution < 1.29 is 5.11 Å². The van der Waals surface area contributed by atoms with E-state index in [-0.39, 0.29) is 11.2 Å². The molecule has 0 spiro atoms. The van der Waals surface area contributed by atoms with Crippen molar-refractivity contribution in [3.05, 3.63) is 35.5 Å². The molecule has 0 bridgehead atoms. The van der Waals surface area contributed by atoms with E-state index >= 15 is 0 Å². The first-order chi connectivity index (χ1) is 8.29. The lowest BCUT2D eigenvalue weighted by atomic mass is 9.85. The number of hydrogen-bond acceptors (Lipinski definition) is 2. The molecule has 0 aliphatic carbocycles. The number of hydrogen-bond donors (Lipinski definition) is 1. The maximum absolute atomic E-state index is 10.0. The van der Waals surface area contributed by atoms with Crippen LogP contribution in [-0.4, -0.2) is 14.9 Å². The second-order valence-electron chi connectivity index (χ2n) is 5.84. The van der Waals surface area contributed by atoms with Crippen molar-refractivity contribution in [2.24, 2.45) is 7.05 Å². The highest BCUT2D eigenvalue weighted by atomic mass is 16.3. The molecule has 1 aromatic heterocycles. The van der Waals surface area contributed by atoms with E-state index in [0.29, 0.717) is 0 Å². The Bertz CT molecular complexity index is 577. The number of phenols is 1. The summed E-state index contributed by atoms with van der Waals surface area (Å²) in [7, 11) is 1.91. The van der Waals surface area contributed by atoms with Crippen LogP contribution in [-0.2, 0) is 12.5 Å². The van der Waals surface area contributed by atoms with Gasteiger partial charge in [-0.05, 0) is 24.5 Å². The zero-order valence-electron chi connectivity index (χ0n) is 11.7. The SMILES string of the molecule is Cc1ccc(O)c(-c2nn(C)cc2C(C)(C)C)c1. The molecule has 3 heteroatoms. The molecule has 0 unspecified atom stereocenters. The predicted molar refractivity (Wildman–Crippen MR) is 73.7 cm³/mol. The quantitative estimate of drug-likeness (QED) is 0.835. The van der Waals surface area contributed by atoms with Gasteiger partial charge in [0.15, 0.2) is 0 Å². The summed E-state index contributed by atoms with van der Waals surface area (Å²) in [5.41, 5.74) is 3.94. The van der Waals surface area contributed by atoms with Crippen LogP contribution in [0.15, 0.2) is 24.4 Å².